The Morgan fingerprint density at radius 1 is 1.65 bits per heavy atom. The topological polar surface area (TPSA) is 69.6 Å². The zero-order valence-corrected chi connectivity index (χ0v) is 11.0. The van der Waals surface area contributed by atoms with Crippen molar-refractivity contribution >= 4 is 35.2 Å². The number of carbonyl (C=O) groups is 2. The summed E-state index contributed by atoms with van der Waals surface area (Å²) in [7, 11) is 0. The third kappa shape index (κ3) is 2.05. The Kier molecular flexibility index (Phi) is 3.38. The highest BCUT2D eigenvalue weighted by Gasteiger charge is 2.53. The van der Waals surface area contributed by atoms with Crippen LogP contribution in [0.5, 0.6) is 0 Å². The van der Waals surface area contributed by atoms with Crippen LogP contribution >= 0.6 is 23.4 Å². The normalized spacial score (nSPS) is 28.2. The van der Waals surface area contributed by atoms with Crippen LogP contribution in [-0.2, 0) is 9.59 Å². The minimum atomic E-state index is -1.14. The molecule has 0 spiro atoms. The minimum Gasteiger partial charge on any atom is -0.477 e. The average Bonchev–Trinajstić information content (AvgIpc) is 2.24. The Morgan fingerprint density at radius 2 is 2.29 bits per heavy atom. The molecule has 2 rings (SSSR count). The molecule has 2 heterocycles. The molecule has 1 amide bonds. The molecule has 2 atom stereocenters. The molecule has 0 saturated carbocycles. The quantitative estimate of drug-likeness (QED) is 0.747. The summed E-state index contributed by atoms with van der Waals surface area (Å²) < 4.78 is 0. The Morgan fingerprint density at radius 3 is 2.82 bits per heavy atom. The van der Waals surface area contributed by atoms with E-state index >= 15 is 0 Å². The molecular formula is C10H13ClN2O3S. The van der Waals surface area contributed by atoms with E-state index in [9.17, 15) is 9.59 Å². The molecule has 94 valence electrons. The van der Waals surface area contributed by atoms with E-state index in [-0.39, 0.29) is 34.1 Å². The van der Waals surface area contributed by atoms with E-state index in [1.54, 1.807) is 0 Å². The molecule has 0 aromatic rings. The van der Waals surface area contributed by atoms with E-state index in [1.165, 1.54) is 16.7 Å². The molecule has 17 heavy (non-hydrogen) atoms. The first-order valence-corrected chi connectivity index (χ1v) is 6.68. The maximum absolute atomic E-state index is 11.9. The van der Waals surface area contributed by atoms with Crippen molar-refractivity contribution in [2.24, 2.45) is 0 Å². The number of rotatable bonds is 3. The molecular weight excluding hydrogens is 264 g/mol. The van der Waals surface area contributed by atoms with Gasteiger partial charge in [0.25, 0.3) is 0 Å². The lowest BCUT2D eigenvalue weighted by Gasteiger charge is -2.49. The highest BCUT2D eigenvalue weighted by atomic mass is 35.5. The van der Waals surface area contributed by atoms with Crippen molar-refractivity contribution in [1.82, 2.24) is 10.2 Å². The van der Waals surface area contributed by atoms with Gasteiger partial charge in [-0.25, -0.2) is 4.79 Å². The number of fused-ring (bicyclic) bond motifs is 1. The fourth-order valence-corrected chi connectivity index (χ4v) is 3.52. The number of thioether (sulfide) groups is 1. The zero-order chi connectivity index (χ0) is 12.7. The van der Waals surface area contributed by atoms with Crippen molar-refractivity contribution < 1.29 is 14.7 Å². The lowest BCUT2D eigenvalue weighted by molar-refractivity contribution is -0.149. The fraction of sp³-hybridized carbons (Fsp3) is 0.600. The largest absolute Gasteiger partial charge is 0.477 e. The summed E-state index contributed by atoms with van der Waals surface area (Å²) in [5, 5.41) is 12.3. The molecule has 2 aliphatic rings. The van der Waals surface area contributed by atoms with Crippen LogP contribution in [0.4, 0.5) is 0 Å². The smallest absolute Gasteiger partial charge is 0.353 e. The molecule has 2 N–H and O–H groups in total. The van der Waals surface area contributed by atoms with Crippen LogP contribution in [0.1, 0.15) is 13.8 Å². The number of halogens is 1. The van der Waals surface area contributed by atoms with Gasteiger partial charge in [-0.3, -0.25) is 9.69 Å². The maximum atomic E-state index is 11.9. The molecule has 1 saturated heterocycles. The van der Waals surface area contributed by atoms with E-state index in [1.807, 2.05) is 13.8 Å². The molecule has 0 aliphatic carbocycles. The Bertz CT molecular complexity index is 410. The molecule has 2 aliphatic heterocycles. The van der Waals surface area contributed by atoms with Gasteiger partial charge in [0.15, 0.2) is 0 Å². The number of hydrogen-bond acceptors (Lipinski definition) is 4. The summed E-state index contributed by atoms with van der Waals surface area (Å²) in [6.07, 6.45) is 0. The van der Waals surface area contributed by atoms with Crippen LogP contribution in [0.3, 0.4) is 0 Å². The first-order chi connectivity index (χ1) is 7.93. The maximum Gasteiger partial charge on any atom is 0.353 e. The lowest BCUT2D eigenvalue weighted by atomic mass is 10.0. The van der Waals surface area contributed by atoms with Gasteiger partial charge in [0.2, 0.25) is 5.91 Å². The fourth-order valence-electron chi connectivity index (χ4n) is 1.96. The van der Waals surface area contributed by atoms with Gasteiger partial charge in [-0.05, 0) is 0 Å². The van der Waals surface area contributed by atoms with Crippen molar-refractivity contribution in [2.45, 2.75) is 31.3 Å². The predicted octanol–water partition coefficient (Wildman–Crippen LogP) is 0.803. The van der Waals surface area contributed by atoms with Gasteiger partial charge in [0.1, 0.15) is 17.1 Å². The first kappa shape index (κ1) is 12.7. The number of carbonyl (C=O) groups excluding carboxylic acids is 1. The van der Waals surface area contributed by atoms with Gasteiger partial charge in [-0.15, -0.1) is 11.8 Å². The summed E-state index contributed by atoms with van der Waals surface area (Å²) in [5.74, 6) is -0.920. The number of aliphatic carboxylic acids is 1. The van der Waals surface area contributed by atoms with Crippen LogP contribution in [0.15, 0.2) is 10.7 Å². The van der Waals surface area contributed by atoms with Gasteiger partial charge in [-0.1, -0.05) is 25.4 Å². The summed E-state index contributed by atoms with van der Waals surface area (Å²) in [4.78, 5) is 24.2. The van der Waals surface area contributed by atoms with E-state index in [4.69, 9.17) is 16.7 Å². The number of carboxylic acid groups (broad SMARTS) is 1. The van der Waals surface area contributed by atoms with Crippen LogP contribution < -0.4 is 5.32 Å². The van der Waals surface area contributed by atoms with Gasteiger partial charge in [0.05, 0.1) is 5.03 Å². The summed E-state index contributed by atoms with van der Waals surface area (Å²) in [5.41, 5.74) is -0.0674. The standard InChI is InChI=1S/C10H13ClN2O3S/c1-4(2)12-6-8(14)13-7(10(15)16)5(11)3-17-9(6)13/h4,6,9,12H,3H2,1-2H3,(H,15,16)/t6-,9-/m1/s1. The zero-order valence-electron chi connectivity index (χ0n) is 9.44. The Labute approximate surface area is 108 Å². The number of β-lactam (4-membered cyclic amide) rings is 1. The molecule has 0 aromatic carbocycles. The number of nitrogens with one attached hydrogen (secondary N) is 1. The second-order valence-electron chi connectivity index (χ2n) is 4.27. The Balaban J connectivity index is 2.21. The van der Waals surface area contributed by atoms with E-state index in [2.05, 4.69) is 5.32 Å². The van der Waals surface area contributed by atoms with Gasteiger partial charge < -0.3 is 10.4 Å². The molecule has 0 bridgehead atoms. The van der Waals surface area contributed by atoms with E-state index in [0.717, 1.165) is 0 Å². The molecule has 0 radical (unpaired) electrons. The third-order valence-electron chi connectivity index (χ3n) is 2.64. The molecule has 5 nitrogen and oxygen atoms in total. The van der Waals surface area contributed by atoms with Gasteiger partial charge in [0, 0.05) is 11.8 Å². The number of nitrogens with zero attached hydrogens (tertiary/aromatic N) is 1. The molecule has 7 heteroatoms. The molecule has 0 unspecified atom stereocenters. The van der Waals surface area contributed by atoms with Gasteiger partial charge >= 0.3 is 5.97 Å². The van der Waals surface area contributed by atoms with Crippen molar-refractivity contribution in [3.05, 3.63) is 10.7 Å². The summed E-state index contributed by atoms with van der Waals surface area (Å²) >= 11 is 7.34. The average molecular weight is 277 g/mol. The van der Waals surface area contributed by atoms with Crippen LogP contribution in [0, 0.1) is 0 Å². The lowest BCUT2D eigenvalue weighted by Crippen LogP contribution is -2.70. The van der Waals surface area contributed by atoms with E-state index in [0.29, 0.717) is 5.75 Å². The molecule has 0 aromatic heterocycles. The summed E-state index contributed by atoms with van der Waals surface area (Å²) in [6.45, 7) is 3.90. The highest BCUT2D eigenvalue weighted by Crippen LogP contribution is 2.41. The van der Waals surface area contributed by atoms with Crippen LogP contribution in [0.25, 0.3) is 0 Å². The number of hydrogen-bond donors (Lipinski definition) is 2. The second kappa shape index (κ2) is 4.51. The third-order valence-corrected chi connectivity index (χ3v) is 4.39. The van der Waals surface area contributed by atoms with Crippen molar-refractivity contribution in [1.29, 1.82) is 0 Å². The monoisotopic (exact) mass is 276 g/mol. The molecule has 1 fully saturated rings. The van der Waals surface area contributed by atoms with Gasteiger partial charge in [-0.2, -0.15) is 0 Å². The minimum absolute atomic E-state index is 0.0674. The highest BCUT2D eigenvalue weighted by molar-refractivity contribution is 8.00. The van der Waals surface area contributed by atoms with E-state index < -0.39 is 5.97 Å². The second-order valence-corrected chi connectivity index (χ2v) is 5.83. The Hall–Kier alpha value is -0.720. The van der Waals surface area contributed by atoms with Crippen LogP contribution in [-0.4, -0.2) is 45.1 Å². The van der Waals surface area contributed by atoms with Crippen molar-refractivity contribution in [3.8, 4) is 0 Å². The summed E-state index contributed by atoms with van der Waals surface area (Å²) in [6, 6.07) is -0.125. The number of amides is 1. The SMILES string of the molecule is CC(C)N[C@@H]1C(=O)N2C(C(=O)O)=C(Cl)CS[C@H]12. The van der Waals surface area contributed by atoms with Crippen molar-refractivity contribution in [3.63, 3.8) is 0 Å². The predicted molar refractivity (Wildman–Crippen MR) is 65.7 cm³/mol. The van der Waals surface area contributed by atoms with Crippen LogP contribution in [0.2, 0.25) is 0 Å². The first-order valence-electron chi connectivity index (χ1n) is 5.26. The number of carboxylic acids is 1. The van der Waals surface area contributed by atoms with Crippen molar-refractivity contribution in [2.75, 3.05) is 5.75 Å².